The number of aliphatic carboxylic acids is 1. The van der Waals surface area contributed by atoms with Crippen LogP contribution in [0.3, 0.4) is 0 Å². The summed E-state index contributed by atoms with van der Waals surface area (Å²) >= 11 is 0. The van der Waals surface area contributed by atoms with Gasteiger partial charge in [-0.05, 0) is 37.0 Å². The van der Waals surface area contributed by atoms with Crippen molar-refractivity contribution in [2.24, 2.45) is 5.92 Å². The highest BCUT2D eigenvalue weighted by molar-refractivity contribution is 5.77. The molecule has 0 spiro atoms. The first kappa shape index (κ1) is 17.0. The lowest BCUT2D eigenvalue weighted by molar-refractivity contribution is -0.141. The number of ether oxygens (including phenoxy) is 1. The molecule has 0 bridgehead atoms. The molecular formula is C16H23NO4. The van der Waals surface area contributed by atoms with Gasteiger partial charge in [0.05, 0.1) is 5.92 Å². The zero-order valence-corrected chi connectivity index (χ0v) is 12.6. The molecule has 0 aliphatic carbocycles. The van der Waals surface area contributed by atoms with Crippen molar-refractivity contribution in [3.63, 3.8) is 0 Å². The summed E-state index contributed by atoms with van der Waals surface area (Å²) in [6.45, 7) is 4.18. The molecule has 1 rings (SSSR count). The summed E-state index contributed by atoms with van der Waals surface area (Å²) in [6, 6.07) is 7.64. The zero-order chi connectivity index (χ0) is 15.7. The molecule has 0 saturated carbocycles. The van der Waals surface area contributed by atoms with Gasteiger partial charge in [0, 0.05) is 6.54 Å². The molecule has 5 heteroatoms. The number of rotatable bonds is 9. The van der Waals surface area contributed by atoms with Crippen LogP contribution in [-0.2, 0) is 16.0 Å². The summed E-state index contributed by atoms with van der Waals surface area (Å²) in [6.07, 6.45) is 2.16. The van der Waals surface area contributed by atoms with Gasteiger partial charge < -0.3 is 15.2 Å². The number of benzene rings is 1. The highest BCUT2D eigenvalue weighted by Gasteiger charge is 2.10. The number of aryl methyl sites for hydroxylation is 1. The number of nitrogens with one attached hydrogen (secondary N) is 1. The molecule has 1 atom stereocenters. The molecule has 1 unspecified atom stereocenters. The van der Waals surface area contributed by atoms with Crippen LogP contribution in [0, 0.1) is 5.92 Å². The predicted octanol–water partition coefficient (Wildman–Crippen LogP) is 2.24. The molecule has 21 heavy (non-hydrogen) atoms. The quantitative estimate of drug-likeness (QED) is 0.685. The van der Waals surface area contributed by atoms with E-state index in [0.29, 0.717) is 25.1 Å². The van der Waals surface area contributed by atoms with E-state index in [0.717, 1.165) is 6.42 Å². The van der Waals surface area contributed by atoms with Crippen molar-refractivity contribution < 1.29 is 19.4 Å². The van der Waals surface area contributed by atoms with Gasteiger partial charge in [-0.25, -0.2) is 0 Å². The number of carbonyl (C=O) groups is 2. The minimum atomic E-state index is -0.805. The molecule has 0 fully saturated rings. The van der Waals surface area contributed by atoms with Crippen molar-refractivity contribution >= 4 is 11.9 Å². The lowest BCUT2D eigenvalue weighted by Crippen LogP contribution is -2.30. The van der Waals surface area contributed by atoms with E-state index in [9.17, 15) is 9.59 Å². The van der Waals surface area contributed by atoms with Crippen LogP contribution >= 0.6 is 0 Å². The molecule has 5 nitrogen and oxygen atoms in total. The Morgan fingerprint density at radius 3 is 2.52 bits per heavy atom. The predicted molar refractivity (Wildman–Crippen MR) is 80.4 cm³/mol. The summed E-state index contributed by atoms with van der Waals surface area (Å²) in [5.41, 5.74) is 1.22. The van der Waals surface area contributed by atoms with Crippen molar-refractivity contribution in [1.82, 2.24) is 5.32 Å². The normalized spacial score (nSPS) is 11.7. The first-order valence-electron chi connectivity index (χ1n) is 7.24. The molecule has 0 aromatic heterocycles. The third-order valence-corrected chi connectivity index (χ3v) is 3.26. The maximum Gasteiger partial charge on any atom is 0.306 e. The first-order valence-corrected chi connectivity index (χ1v) is 7.24. The second-order valence-corrected chi connectivity index (χ2v) is 5.02. The van der Waals surface area contributed by atoms with Gasteiger partial charge in [0.15, 0.2) is 6.61 Å². The topological polar surface area (TPSA) is 75.6 Å². The second-order valence-electron chi connectivity index (χ2n) is 5.02. The molecular weight excluding hydrogens is 270 g/mol. The minimum Gasteiger partial charge on any atom is -0.484 e. The van der Waals surface area contributed by atoms with E-state index >= 15 is 0 Å². The fourth-order valence-corrected chi connectivity index (χ4v) is 1.78. The largest absolute Gasteiger partial charge is 0.484 e. The number of carboxylic acid groups (broad SMARTS) is 1. The van der Waals surface area contributed by atoms with Crippen molar-refractivity contribution in [1.29, 1.82) is 0 Å². The van der Waals surface area contributed by atoms with Crippen LogP contribution in [0.2, 0.25) is 0 Å². The summed E-state index contributed by atoms with van der Waals surface area (Å²) < 4.78 is 5.38. The van der Waals surface area contributed by atoms with Crippen molar-refractivity contribution in [2.75, 3.05) is 13.2 Å². The second kappa shape index (κ2) is 9.00. The fourth-order valence-electron chi connectivity index (χ4n) is 1.78. The summed E-state index contributed by atoms with van der Waals surface area (Å²) in [7, 11) is 0. The van der Waals surface area contributed by atoms with Gasteiger partial charge in [0.1, 0.15) is 5.75 Å². The molecule has 0 aliphatic rings. The standard InChI is InChI=1S/C16H23NO4/c1-3-13-6-8-14(9-7-13)21-11-15(18)17-10-4-5-12(2)16(19)20/h6-9,12H,3-5,10-11H2,1-2H3,(H,17,18)(H,19,20). The fraction of sp³-hybridized carbons (Fsp3) is 0.500. The molecule has 0 heterocycles. The number of amides is 1. The summed E-state index contributed by atoms with van der Waals surface area (Å²) in [4.78, 5) is 22.2. The maximum atomic E-state index is 11.6. The van der Waals surface area contributed by atoms with Crippen LogP contribution in [0.5, 0.6) is 5.75 Å². The molecule has 0 aliphatic heterocycles. The zero-order valence-electron chi connectivity index (χ0n) is 12.6. The van der Waals surface area contributed by atoms with Crippen molar-refractivity contribution in [3.05, 3.63) is 29.8 Å². The van der Waals surface area contributed by atoms with E-state index in [1.54, 1.807) is 6.92 Å². The molecule has 1 amide bonds. The van der Waals surface area contributed by atoms with E-state index in [2.05, 4.69) is 12.2 Å². The van der Waals surface area contributed by atoms with Crippen molar-refractivity contribution in [2.45, 2.75) is 33.1 Å². The van der Waals surface area contributed by atoms with Gasteiger partial charge in [0.25, 0.3) is 5.91 Å². The average molecular weight is 293 g/mol. The molecule has 1 aromatic rings. The Balaban J connectivity index is 2.17. The summed E-state index contributed by atoms with van der Waals surface area (Å²) in [5, 5.41) is 11.4. The van der Waals surface area contributed by atoms with Gasteiger partial charge in [-0.2, -0.15) is 0 Å². The van der Waals surface area contributed by atoms with Crippen LogP contribution in [-0.4, -0.2) is 30.1 Å². The Labute approximate surface area is 125 Å². The molecule has 0 radical (unpaired) electrons. The van der Waals surface area contributed by atoms with Crippen LogP contribution < -0.4 is 10.1 Å². The summed E-state index contributed by atoms with van der Waals surface area (Å²) in [5.74, 6) is -0.713. The highest BCUT2D eigenvalue weighted by atomic mass is 16.5. The van der Waals surface area contributed by atoms with Gasteiger partial charge in [-0.3, -0.25) is 9.59 Å². The Hall–Kier alpha value is -2.04. The minimum absolute atomic E-state index is 0.0278. The first-order chi connectivity index (χ1) is 10.0. The monoisotopic (exact) mass is 293 g/mol. The van der Waals surface area contributed by atoms with Crippen LogP contribution in [0.15, 0.2) is 24.3 Å². The lowest BCUT2D eigenvalue weighted by Gasteiger charge is -2.09. The Morgan fingerprint density at radius 1 is 1.29 bits per heavy atom. The van der Waals surface area contributed by atoms with Gasteiger partial charge in [0.2, 0.25) is 0 Å². The Kier molecular flexibility index (Phi) is 7.29. The lowest BCUT2D eigenvalue weighted by atomic mass is 10.1. The van der Waals surface area contributed by atoms with E-state index < -0.39 is 5.97 Å². The van der Waals surface area contributed by atoms with E-state index in [-0.39, 0.29) is 18.4 Å². The van der Waals surface area contributed by atoms with Gasteiger partial charge in [-0.15, -0.1) is 0 Å². The van der Waals surface area contributed by atoms with Crippen LogP contribution in [0.1, 0.15) is 32.3 Å². The Bertz CT molecular complexity index is 456. The SMILES string of the molecule is CCc1ccc(OCC(=O)NCCCC(C)C(=O)O)cc1. The van der Waals surface area contributed by atoms with Crippen LogP contribution in [0.25, 0.3) is 0 Å². The van der Waals surface area contributed by atoms with Gasteiger partial charge in [-0.1, -0.05) is 26.0 Å². The van der Waals surface area contributed by atoms with Crippen molar-refractivity contribution in [3.8, 4) is 5.75 Å². The Morgan fingerprint density at radius 2 is 1.95 bits per heavy atom. The molecule has 1 aromatic carbocycles. The third kappa shape index (κ3) is 6.79. The smallest absolute Gasteiger partial charge is 0.306 e. The number of carbonyl (C=O) groups excluding carboxylic acids is 1. The van der Waals surface area contributed by atoms with E-state index in [1.807, 2.05) is 24.3 Å². The number of hydrogen-bond acceptors (Lipinski definition) is 3. The average Bonchev–Trinajstić information content (AvgIpc) is 2.49. The van der Waals surface area contributed by atoms with Gasteiger partial charge >= 0.3 is 5.97 Å². The molecule has 116 valence electrons. The van der Waals surface area contributed by atoms with Crippen LogP contribution in [0.4, 0.5) is 0 Å². The maximum absolute atomic E-state index is 11.6. The van der Waals surface area contributed by atoms with E-state index in [1.165, 1.54) is 5.56 Å². The number of carboxylic acids is 1. The van der Waals surface area contributed by atoms with E-state index in [4.69, 9.17) is 9.84 Å². The highest BCUT2D eigenvalue weighted by Crippen LogP contribution is 2.12. The third-order valence-electron chi connectivity index (χ3n) is 3.26. The number of hydrogen-bond donors (Lipinski definition) is 2. The molecule has 2 N–H and O–H groups in total. The molecule has 0 saturated heterocycles.